The van der Waals surface area contributed by atoms with Gasteiger partial charge in [-0.3, -0.25) is 25.3 Å². The standard InChI is InChI=1S/C16H19N3O3/c1-12-8-9-14(22-12)10-19(2)11-15(20)17-18-16(21)13-6-4-3-5-7-13/h3-9H,10-11H2,1-2H3,(H,17,20)(H,18,21). The summed E-state index contributed by atoms with van der Waals surface area (Å²) in [7, 11) is 1.80. The summed E-state index contributed by atoms with van der Waals surface area (Å²) in [6, 6.07) is 12.4. The van der Waals surface area contributed by atoms with Crippen LogP contribution >= 0.6 is 0 Å². The first-order valence-corrected chi connectivity index (χ1v) is 6.92. The SMILES string of the molecule is Cc1ccc(CN(C)CC(=O)NNC(=O)c2ccccc2)o1. The quantitative estimate of drug-likeness (QED) is 0.820. The van der Waals surface area contributed by atoms with E-state index in [0.717, 1.165) is 11.5 Å². The van der Waals surface area contributed by atoms with Crippen molar-refractivity contribution in [2.75, 3.05) is 13.6 Å². The predicted molar refractivity (Wildman–Crippen MR) is 81.8 cm³/mol. The third kappa shape index (κ3) is 4.75. The minimum absolute atomic E-state index is 0.148. The van der Waals surface area contributed by atoms with Crippen molar-refractivity contribution >= 4 is 11.8 Å². The van der Waals surface area contributed by atoms with Gasteiger partial charge in [0.25, 0.3) is 11.8 Å². The zero-order valence-corrected chi connectivity index (χ0v) is 12.6. The molecule has 0 bridgehead atoms. The molecule has 1 aromatic heterocycles. The largest absolute Gasteiger partial charge is 0.465 e. The number of nitrogens with zero attached hydrogens (tertiary/aromatic N) is 1. The molecule has 6 heteroatoms. The summed E-state index contributed by atoms with van der Waals surface area (Å²) in [5, 5.41) is 0. The number of rotatable bonds is 5. The zero-order chi connectivity index (χ0) is 15.9. The fourth-order valence-corrected chi connectivity index (χ4v) is 1.96. The van der Waals surface area contributed by atoms with Gasteiger partial charge >= 0.3 is 0 Å². The normalized spacial score (nSPS) is 10.5. The average Bonchev–Trinajstić information content (AvgIpc) is 2.90. The van der Waals surface area contributed by atoms with Crippen molar-refractivity contribution in [2.24, 2.45) is 0 Å². The molecule has 2 N–H and O–H groups in total. The van der Waals surface area contributed by atoms with Crippen LogP contribution in [0.2, 0.25) is 0 Å². The van der Waals surface area contributed by atoms with Crippen LogP contribution in [0.15, 0.2) is 46.9 Å². The molecule has 0 aliphatic carbocycles. The van der Waals surface area contributed by atoms with Gasteiger partial charge in [0.1, 0.15) is 11.5 Å². The first kappa shape index (κ1) is 15.8. The number of carbonyl (C=O) groups excluding carboxylic acids is 2. The second-order valence-corrected chi connectivity index (χ2v) is 5.05. The maximum atomic E-state index is 11.8. The van der Waals surface area contributed by atoms with Gasteiger partial charge in [0, 0.05) is 5.56 Å². The molecule has 0 radical (unpaired) electrons. The Balaban J connectivity index is 1.74. The number of furan rings is 1. The molecule has 1 aromatic carbocycles. The summed E-state index contributed by atoms with van der Waals surface area (Å²) in [6.07, 6.45) is 0. The maximum Gasteiger partial charge on any atom is 0.269 e. The van der Waals surface area contributed by atoms with Crippen LogP contribution in [-0.4, -0.2) is 30.3 Å². The van der Waals surface area contributed by atoms with Gasteiger partial charge in [-0.25, -0.2) is 0 Å². The number of hydrogen-bond donors (Lipinski definition) is 2. The van der Waals surface area contributed by atoms with Crippen LogP contribution in [-0.2, 0) is 11.3 Å². The van der Waals surface area contributed by atoms with Crippen molar-refractivity contribution in [1.29, 1.82) is 0 Å². The summed E-state index contributed by atoms with van der Waals surface area (Å²) in [6.45, 7) is 2.54. The van der Waals surface area contributed by atoms with Crippen molar-refractivity contribution < 1.29 is 14.0 Å². The van der Waals surface area contributed by atoms with Crippen molar-refractivity contribution in [3.8, 4) is 0 Å². The molecule has 0 aliphatic heterocycles. The molecule has 0 fully saturated rings. The van der Waals surface area contributed by atoms with Crippen molar-refractivity contribution in [3.63, 3.8) is 0 Å². The molecule has 0 aliphatic rings. The van der Waals surface area contributed by atoms with Crippen LogP contribution in [0.3, 0.4) is 0 Å². The smallest absolute Gasteiger partial charge is 0.269 e. The second-order valence-electron chi connectivity index (χ2n) is 5.05. The number of benzene rings is 1. The Morgan fingerprint density at radius 2 is 1.82 bits per heavy atom. The number of hydrogen-bond acceptors (Lipinski definition) is 4. The van der Waals surface area contributed by atoms with E-state index in [9.17, 15) is 9.59 Å². The van der Waals surface area contributed by atoms with Gasteiger partial charge in [0.05, 0.1) is 13.1 Å². The molecular formula is C16H19N3O3. The van der Waals surface area contributed by atoms with E-state index in [4.69, 9.17) is 4.42 Å². The van der Waals surface area contributed by atoms with Crippen molar-refractivity contribution in [2.45, 2.75) is 13.5 Å². The molecule has 0 atom stereocenters. The molecule has 1 heterocycles. The van der Waals surface area contributed by atoms with Crippen molar-refractivity contribution in [1.82, 2.24) is 15.8 Å². The molecule has 0 saturated carbocycles. The highest BCUT2D eigenvalue weighted by Gasteiger charge is 2.10. The van der Waals surface area contributed by atoms with E-state index >= 15 is 0 Å². The van der Waals surface area contributed by atoms with E-state index in [-0.39, 0.29) is 18.4 Å². The highest BCUT2D eigenvalue weighted by atomic mass is 16.3. The monoisotopic (exact) mass is 301 g/mol. The summed E-state index contributed by atoms with van der Waals surface area (Å²) < 4.78 is 5.45. The van der Waals surface area contributed by atoms with Crippen LogP contribution in [0.25, 0.3) is 0 Å². The topological polar surface area (TPSA) is 74.6 Å². The minimum Gasteiger partial charge on any atom is -0.465 e. The predicted octanol–water partition coefficient (Wildman–Crippen LogP) is 1.48. The summed E-state index contributed by atoms with van der Waals surface area (Å²) >= 11 is 0. The van der Waals surface area contributed by atoms with Gasteiger partial charge in [0.2, 0.25) is 0 Å². The summed E-state index contributed by atoms with van der Waals surface area (Å²) in [5.41, 5.74) is 5.26. The third-order valence-corrected chi connectivity index (χ3v) is 2.99. The molecule has 0 spiro atoms. The van der Waals surface area contributed by atoms with Gasteiger partial charge in [-0.15, -0.1) is 0 Å². The van der Waals surface area contributed by atoms with Gasteiger partial charge in [-0.05, 0) is 38.2 Å². The Morgan fingerprint density at radius 3 is 2.45 bits per heavy atom. The van der Waals surface area contributed by atoms with E-state index < -0.39 is 0 Å². The summed E-state index contributed by atoms with van der Waals surface area (Å²) in [5.74, 6) is 0.984. The first-order valence-electron chi connectivity index (χ1n) is 6.92. The van der Waals surface area contributed by atoms with Crippen LogP contribution in [0.1, 0.15) is 21.9 Å². The van der Waals surface area contributed by atoms with E-state index in [1.807, 2.05) is 25.1 Å². The molecule has 2 rings (SSSR count). The molecule has 0 saturated heterocycles. The van der Waals surface area contributed by atoms with Crippen LogP contribution < -0.4 is 10.9 Å². The van der Waals surface area contributed by atoms with Crippen LogP contribution in [0, 0.1) is 6.92 Å². The highest BCUT2D eigenvalue weighted by molar-refractivity contribution is 5.95. The number of hydrazine groups is 1. The molecule has 116 valence electrons. The van der Waals surface area contributed by atoms with E-state index in [1.54, 1.807) is 36.2 Å². The van der Waals surface area contributed by atoms with Gasteiger partial charge in [-0.1, -0.05) is 18.2 Å². The molecule has 6 nitrogen and oxygen atoms in total. The van der Waals surface area contributed by atoms with E-state index in [2.05, 4.69) is 10.9 Å². The Hall–Kier alpha value is -2.60. The average molecular weight is 301 g/mol. The lowest BCUT2D eigenvalue weighted by atomic mass is 10.2. The first-order chi connectivity index (χ1) is 10.5. The maximum absolute atomic E-state index is 11.8. The van der Waals surface area contributed by atoms with Crippen LogP contribution in [0.5, 0.6) is 0 Å². The Kier molecular flexibility index (Phi) is 5.32. The lowest BCUT2D eigenvalue weighted by Gasteiger charge is -2.15. The fourth-order valence-electron chi connectivity index (χ4n) is 1.96. The highest BCUT2D eigenvalue weighted by Crippen LogP contribution is 2.08. The second kappa shape index (κ2) is 7.42. The third-order valence-electron chi connectivity index (χ3n) is 2.99. The molecule has 2 aromatic rings. The Bertz CT molecular complexity index is 637. The van der Waals surface area contributed by atoms with Gasteiger partial charge < -0.3 is 4.42 Å². The minimum atomic E-state index is -0.349. The number of carbonyl (C=O) groups is 2. The van der Waals surface area contributed by atoms with Crippen LogP contribution in [0.4, 0.5) is 0 Å². The molecule has 0 unspecified atom stereocenters. The molecular weight excluding hydrogens is 282 g/mol. The zero-order valence-electron chi connectivity index (χ0n) is 12.6. The number of amides is 2. The molecule has 2 amide bonds. The Labute approximate surface area is 129 Å². The van der Waals surface area contributed by atoms with E-state index in [0.29, 0.717) is 12.1 Å². The molecule has 22 heavy (non-hydrogen) atoms. The fraction of sp³-hybridized carbons (Fsp3) is 0.250. The van der Waals surface area contributed by atoms with Gasteiger partial charge in [-0.2, -0.15) is 0 Å². The number of likely N-dealkylation sites (N-methyl/N-ethyl adjacent to an activating group) is 1. The Morgan fingerprint density at radius 1 is 1.09 bits per heavy atom. The van der Waals surface area contributed by atoms with Gasteiger partial charge in [0.15, 0.2) is 0 Å². The number of aryl methyl sites for hydroxylation is 1. The summed E-state index contributed by atoms with van der Waals surface area (Å²) in [4.78, 5) is 25.4. The lowest BCUT2D eigenvalue weighted by molar-refractivity contribution is -0.122. The van der Waals surface area contributed by atoms with Crippen molar-refractivity contribution in [3.05, 3.63) is 59.5 Å². The number of nitrogens with one attached hydrogen (secondary N) is 2. The van der Waals surface area contributed by atoms with E-state index in [1.165, 1.54) is 0 Å². The lowest BCUT2D eigenvalue weighted by Crippen LogP contribution is -2.45.